The maximum Gasteiger partial charge on any atom is 0.0725 e. The third-order valence-corrected chi connectivity index (χ3v) is 8.33. The van der Waals surface area contributed by atoms with Crippen LogP contribution in [0.3, 0.4) is 0 Å². The highest BCUT2D eigenvalue weighted by Crippen LogP contribution is 2.61. The normalized spacial score (nSPS) is 16.6. The minimum Gasteiger partial charge on any atom is -0.0619 e. The predicted octanol–water partition coefficient (Wildman–Crippen LogP) is 9.16. The standard InChI is InChI=1S/C36H24/c1-23-18-19-34-30(20-23)27-13-5-4-12-26(27)28-14-6-8-16-32(28)36(34)33-17-9-7-15-29(33)31-21-24-10-2-3-11-25(24)22-35(31)36/h2-22H,1H3. The smallest absolute Gasteiger partial charge is 0.0619 e. The molecule has 2 aliphatic carbocycles. The first-order valence-electron chi connectivity index (χ1n) is 12.7. The molecule has 0 bridgehead atoms. The van der Waals surface area contributed by atoms with E-state index >= 15 is 0 Å². The van der Waals surface area contributed by atoms with E-state index in [1.54, 1.807) is 0 Å². The molecule has 0 aliphatic heterocycles. The SMILES string of the molecule is Cc1ccc2c(c1)-c1ccccc1-c1ccccc1C21c2ccccc2-c2cc3ccccc3cc21. The molecule has 0 heteroatoms. The summed E-state index contributed by atoms with van der Waals surface area (Å²) in [7, 11) is 0. The van der Waals surface area contributed by atoms with E-state index in [-0.39, 0.29) is 0 Å². The molecule has 1 spiro atoms. The molecule has 0 fully saturated rings. The summed E-state index contributed by atoms with van der Waals surface area (Å²) >= 11 is 0. The monoisotopic (exact) mass is 456 g/mol. The fourth-order valence-electron chi connectivity index (χ4n) is 6.89. The second kappa shape index (κ2) is 7.06. The molecule has 6 aromatic carbocycles. The highest BCUT2D eigenvalue weighted by molar-refractivity contribution is 6.00. The zero-order valence-corrected chi connectivity index (χ0v) is 20.1. The van der Waals surface area contributed by atoms with Gasteiger partial charge in [-0.1, -0.05) is 121 Å². The summed E-state index contributed by atoms with van der Waals surface area (Å²) in [6.45, 7) is 2.21. The van der Waals surface area contributed by atoms with E-state index in [1.165, 1.54) is 72.0 Å². The van der Waals surface area contributed by atoms with Gasteiger partial charge in [-0.25, -0.2) is 0 Å². The summed E-state index contributed by atoms with van der Waals surface area (Å²) in [5.74, 6) is 0. The maximum absolute atomic E-state index is 2.46. The summed E-state index contributed by atoms with van der Waals surface area (Å²) in [6.07, 6.45) is 0. The molecule has 6 aromatic rings. The topological polar surface area (TPSA) is 0 Å². The zero-order valence-electron chi connectivity index (χ0n) is 20.1. The van der Waals surface area contributed by atoms with Crippen molar-refractivity contribution in [1.29, 1.82) is 0 Å². The van der Waals surface area contributed by atoms with Gasteiger partial charge in [0.25, 0.3) is 0 Å². The van der Waals surface area contributed by atoms with Gasteiger partial charge in [-0.15, -0.1) is 0 Å². The van der Waals surface area contributed by atoms with Gasteiger partial charge >= 0.3 is 0 Å². The van der Waals surface area contributed by atoms with Crippen molar-refractivity contribution >= 4 is 10.8 Å². The largest absolute Gasteiger partial charge is 0.0725 e. The number of rotatable bonds is 0. The first-order chi connectivity index (χ1) is 17.8. The Morgan fingerprint density at radius 1 is 0.361 bits per heavy atom. The summed E-state index contributed by atoms with van der Waals surface area (Å²) < 4.78 is 0. The van der Waals surface area contributed by atoms with Crippen LogP contribution in [0, 0.1) is 6.92 Å². The number of benzene rings is 6. The predicted molar refractivity (Wildman–Crippen MR) is 150 cm³/mol. The number of hydrogen-bond acceptors (Lipinski definition) is 0. The number of fused-ring (bicyclic) bond motifs is 13. The van der Waals surface area contributed by atoms with Crippen LogP contribution in [0.25, 0.3) is 44.2 Å². The van der Waals surface area contributed by atoms with Gasteiger partial charge in [-0.3, -0.25) is 0 Å². The van der Waals surface area contributed by atoms with Gasteiger partial charge in [0.1, 0.15) is 0 Å². The summed E-state index contributed by atoms with van der Waals surface area (Å²) in [6, 6.07) is 47.8. The van der Waals surface area contributed by atoms with Crippen LogP contribution in [-0.4, -0.2) is 0 Å². The Hall–Kier alpha value is -4.42. The van der Waals surface area contributed by atoms with Crippen LogP contribution in [0.1, 0.15) is 27.8 Å². The average Bonchev–Trinajstić information content (AvgIpc) is 3.16. The fourth-order valence-corrected chi connectivity index (χ4v) is 6.89. The van der Waals surface area contributed by atoms with Crippen LogP contribution in [0.5, 0.6) is 0 Å². The van der Waals surface area contributed by atoms with Crippen LogP contribution in [0.15, 0.2) is 127 Å². The Labute approximate surface area is 211 Å². The van der Waals surface area contributed by atoms with E-state index in [1.807, 2.05) is 0 Å². The van der Waals surface area contributed by atoms with Crippen molar-refractivity contribution in [2.75, 3.05) is 0 Å². The summed E-state index contributed by atoms with van der Waals surface area (Å²) in [5.41, 5.74) is 14.3. The molecule has 0 aromatic heterocycles. The Kier molecular flexibility index (Phi) is 3.89. The lowest BCUT2D eigenvalue weighted by Gasteiger charge is -2.35. The highest BCUT2D eigenvalue weighted by Gasteiger charge is 2.49. The molecule has 0 heterocycles. The van der Waals surface area contributed by atoms with Gasteiger partial charge in [-0.05, 0) is 85.5 Å². The van der Waals surface area contributed by atoms with Crippen molar-refractivity contribution in [1.82, 2.24) is 0 Å². The van der Waals surface area contributed by atoms with E-state index in [4.69, 9.17) is 0 Å². The first-order valence-corrected chi connectivity index (χ1v) is 12.7. The Balaban J connectivity index is 1.65. The average molecular weight is 457 g/mol. The third kappa shape index (κ3) is 2.39. The Morgan fingerprint density at radius 2 is 0.833 bits per heavy atom. The van der Waals surface area contributed by atoms with E-state index in [0.717, 1.165) is 0 Å². The van der Waals surface area contributed by atoms with Crippen molar-refractivity contribution < 1.29 is 0 Å². The van der Waals surface area contributed by atoms with Gasteiger partial charge in [-0.2, -0.15) is 0 Å². The maximum atomic E-state index is 2.46. The van der Waals surface area contributed by atoms with Crippen molar-refractivity contribution in [3.8, 4) is 33.4 Å². The van der Waals surface area contributed by atoms with Crippen LogP contribution >= 0.6 is 0 Å². The fraction of sp³-hybridized carbons (Fsp3) is 0.0556. The lowest BCUT2D eigenvalue weighted by atomic mass is 9.65. The quantitative estimate of drug-likeness (QED) is 0.213. The van der Waals surface area contributed by atoms with Gasteiger partial charge < -0.3 is 0 Å². The molecule has 0 saturated carbocycles. The molecule has 168 valence electrons. The molecule has 36 heavy (non-hydrogen) atoms. The second-order valence-corrected chi connectivity index (χ2v) is 10.2. The molecule has 1 atom stereocenters. The molecule has 0 radical (unpaired) electrons. The second-order valence-electron chi connectivity index (χ2n) is 10.2. The molecule has 8 rings (SSSR count). The lowest BCUT2D eigenvalue weighted by Crippen LogP contribution is -2.29. The minimum atomic E-state index is -0.394. The Bertz CT molecular complexity index is 1850. The van der Waals surface area contributed by atoms with Crippen molar-refractivity contribution in [2.45, 2.75) is 12.3 Å². The van der Waals surface area contributed by atoms with E-state index in [2.05, 4.69) is 134 Å². The van der Waals surface area contributed by atoms with Crippen LogP contribution in [0.4, 0.5) is 0 Å². The van der Waals surface area contributed by atoms with Gasteiger partial charge in [0.05, 0.1) is 5.41 Å². The molecule has 0 amide bonds. The van der Waals surface area contributed by atoms with Gasteiger partial charge in [0, 0.05) is 0 Å². The molecular weight excluding hydrogens is 432 g/mol. The molecule has 1 unspecified atom stereocenters. The van der Waals surface area contributed by atoms with E-state index in [9.17, 15) is 0 Å². The third-order valence-electron chi connectivity index (χ3n) is 8.33. The van der Waals surface area contributed by atoms with Gasteiger partial charge in [0.2, 0.25) is 0 Å². The molecule has 0 N–H and O–H groups in total. The van der Waals surface area contributed by atoms with Crippen LogP contribution in [-0.2, 0) is 5.41 Å². The van der Waals surface area contributed by atoms with E-state index in [0.29, 0.717) is 0 Å². The first kappa shape index (κ1) is 19.8. The summed E-state index contributed by atoms with van der Waals surface area (Å²) in [5, 5.41) is 2.58. The molecule has 0 saturated heterocycles. The Morgan fingerprint density at radius 3 is 1.53 bits per heavy atom. The lowest BCUT2D eigenvalue weighted by molar-refractivity contribution is 0.776. The van der Waals surface area contributed by atoms with Crippen LogP contribution < -0.4 is 0 Å². The highest BCUT2D eigenvalue weighted by atomic mass is 14.5. The number of aryl methyl sites for hydroxylation is 1. The van der Waals surface area contributed by atoms with Crippen LogP contribution in [0.2, 0.25) is 0 Å². The van der Waals surface area contributed by atoms with Gasteiger partial charge in [0.15, 0.2) is 0 Å². The molecular formula is C36H24. The van der Waals surface area contributed by atoms with E-state index < -0.39 is 5.41 Å². The van der Waals surface area contributed by atoms with Crippen molar-refractivity contribution in [3.05, 3.63) is 155 Å². The molecule has 0 nitrogen and oxygen atoms in total. The minimum absolute atomic E-state index is 0.394. The molecule has 2 aliphatic rings. The van der Waals surface area contributed by atoms with Crippen molar-refractivity contribution in [2.24, 2.45) is 0 Å². The number of hydrogen-bond donors (Lipinski definition) is 0. The summed E-state index contributed by atoms with van der Waals surface area (Å²) in [4.78, 5) is 0. The zero-order chi connectivity index (χ0) is 23.9. The van der Waals surface area contributed by atoms with Crippen molar-refractivity contribution in [3.63, 3.8) is 0 Å².